The first-order chi connectivity index (χ1) is 8.16. The van der Waals surface area contributed by atoms with Crippen LogP contribution < -0.4 is 5.32 Å². The number of nitrogens with zero attached hydrogens (tertiary/aromatic N) is 2. The highest BCUT2D eigenvalue weighted by Crippen LogP contribution is 2.34. The molecule has 0 aliphatic rings. The molecule has 0 aliphatic carbocycles. The second-order valence-electron chi connectivity index (χ2n) is 3.58. The molecule has 2 aromatic heterocycles. The van der Waals surface area contributed by atoms with Crippen molar-refractivity contribution in [1.29, 1.82) is 0 Å². The van der Waals surface area contributed by atoms with E-state index < -0.39 is 0 Å². The van der Waals surface area contributed by atoms with Crippen LogP contribution in [0.2, 0.25) is 8.67 Å². The van der Waals surface area contributed by atoms with Gasteiger partial charge in [0.25, 0.3) is 0 Å². The lowest BCUT2D eigenvalue weighted by atomic mass is 10.2. The van der Waals surface area contributed by atoms with Gasteiger partial charge in [0.15, 0.2) is 0 Å². The van der Waals surface area contributed by atoms with Gasteiger partial charge in [0.2, 0.25) is 0 Å². The van der Waals surface area contributed by atoms with Crippen LogP contribution in [-0.4, -0.2) is 9.97 Å². The van der Waals surface area contributed by atoms with Gasteiger partial charge in [-0.15, -0.1) is 11.3 Å². The summed E-state index contributed by atoms with van der Waals surface area (Å²) < 4.78 is 1.44. The molecule has 1 unspecified atom stereocenters. The second kappa shape index (κ2) is 5.78. The van der Waals surface area contributed by atoms with E-state index in [4.69, 9.17) is 23.2 Å². The van der Waals surface area contributed by atoms with E-state index in [2.05, 4.69) is 15.3 Å². The average molecular weight is 288 g/mol. The van der Waals surface area contributed by atoms with E-state index in [0.717, 1.165) is 15.6 Å². The quantitative estimate of drug-likeness (QED) is 0.932. The van der Waals surface area contributed by atoms with Crippen molar-refractivity contribution < 1.29 is 0 Å². The second-order valence-corrected chi connectivity index (χ2v) is 5.87. The van der Waals surface area contributed by atoms with Crippen LogP contribution in [-0.2, 0) is 6.54 Å². The first-order valence-electron chi connectivity index (χ1n) is 5.10. The van der Waals surface area contributed by atoms with Gasteiger partial charge in [0, 0.05) is 18.8 Å². The van der Waals surface area contributed by atoms with Crippen molar-refractivity contribution in [3.8, 4) is 0 Å². The summed E-state index contributed by atoms with van der Waals surface area (Å²) in [5, 5.41) is 3.34. The van der Waals surface area contributed by atoms with Crippen LogP contribution in [0.4, 0.5) is 0 Å². The van der Waals surface area contributed by atoms with Gasteiger partial charge in [0.05, 0.1) is 14.4 Å². The monoisotopic (exact) mass is 287 g/mol. The molecule has 17 heavy (non-hydrogen) atoms. The Labute approximate surface area is 114 Å². The van der Waals surface area contributed by atoms with Gasteiger partial charge >= 0.3 is 0 Å². The van der Waals surface area contributed by atoms with Crippen molar-refractivity contribution in [2.45, 2.75) is 19.5 Å². The maximum absolute atomic E-state index is 6.09. The molecule has 0 aromatic carbocycles. The fraction of sp³-hybridized carbons (Fsp3) is 0.273. The maximum atomic E-state index is 6.09. The minimum absolute atomic E-state index is 0.140. The fourth-order valence-electron chi connectivity index (χ4n) is 1.44. The summed E-state index contributed by atoms with van der Waals surface area (Å²) >= 11 is 13.4. The molecular weight excluding hydrogens is 277 g/mol. The molecule has 0 radical (unpaired) electrons. The summed E-state index contributed by atoms with van der Waals surface area (Å²) in [5.41, 5.74) is 1.97. The van der Waals surface area contributed by atoms with E-state index in [1.54, 1.807) is 6.20 Å². The van der Waals surface area contributed by atoms with E-state index in [9.17, 15) is 0 Å². The predicted octanol–water partition coefficient (Wildman–Crippen LogP) is 3.70. The summed E-state index contributed by atoms with van der Waals surface area (Å²) in [7, 11) is 0. The highest BCUT2D eigenvalue weighted by Gasteiger charge is 2.12. The van der Waals surface area contributed by atoms with Crippen LogP contribution >= 0.6 is 34.5 Å². The minimum Gasteiger partial charge on any atom is -0.304 e. The Balaban J connectivity index is 1.98. The number of hydrogen-bond acceptors (Lipinski definition) is 4. The molecule has 0 amide bonds. The summed E-state index contributed by atoms with van der Waals surface area (Å²) in [6.07, 6.45) is 3.26. The molecule has 0 saturated carbocycles. The summed E-state index contributed by atoms with van der Waals surface area (Å²) in [4.78, 5) is 8.01. The van der Waals surface area contributed by atoms with Crippen molar-refractivity contribution in [2.75, 3.05) is 0 Å². The topological polar surface area (TPSA) is 37.8 Å². The van der Waals surface area contributed by atoms with Gasteiger partial charge in [0.1, 0.15) is 6.33 Å². The van der Waals surface area contributed by atoms with Gasteiger partial charge in [-0.05, 0) is 24.6 Å². The molecule has 3 nitrogen and oxygen atoms in total. The number of thiophene rings is 1. The third-order valence-corrected chi connectivity index (χ3v) is 3.90. The van der Waals surface area contributed by atoms with Crippen LogP contribution in [0.15, 0.2) is 24.7 Å². The van der Waals surface area contributed by atoms with Crippen molar-refractivity contribution >= 4 is 34.5 Å². The Kier molecular flexibility index (Phi) is 4.34. The molecular formula is C11H11Cl2N3S. The Morgan fingerprint density at radius 2 is 2.29 bits per heavy atom. The lowest BCUT2D eigenvalue weighted by Crippen LogP contribution is -2.18. The van der Waals surface area contributed by atoms with Crippen molar-refractivity contribution in [3.63, 3.8) is 0 Å². The molecule has 0 spiro atoms. The predicted molar refractivity (Wildman–Crippen MR) is 71.6 cm³/mol. The molecule has 1 N–H and O–H groups in total. The molecule has 0 aliphatic heterocycles. The Morgan fingerprint density at radius 1 is 1.47 bits per heavy atom. The zero-order chi connectivity index (χ0) is 12.3. The van der Waals surface area contributed by atoms with Crippen molar-refractivity contribution in [1.82, 2.24) is 15.3 Å². The molecule has 6 heteroatoms. The normalized spacial score (nSPS) is 12.6. The van der Waals surface area contributed by atoms with E-state index in [0.29, 0.717) is 10.9 Å². The van der Waals surface area contributed by atoms with Crippen LogP contribution in [0.5, 0.6) is 0 Å². The van der Waals surface area contributed by atoms with Crippen LogP contribution in [0.25, 0.3) is 0 Å². The van der Waals surface area contributed by atoms with Gasteiger partial charge < -0.3 is 5.32 Å². The molecule has 90 valence electrons. The molecule has 0 saturated heterocycles. The summed E-state index contributed by atoms with van der Waals surface area (Å²) in [6, 6.07) is 3.91. The van der Waals surface area contributed by atoms with E-state index in [-0.39, 0.29) is 6.04 Å². The van der Waals surface area contributed by atoms with Crippen molar-refractivity contribution in [3.05, 3.63) is 44.6 Å². The third kappa shape index (κ3) is 3.39. The van der Waals surface area contributed by atoms with E-state index >= 15 is 0 Å². The molecule has 0 fully saturated rings. The van der Waals surface area contributed by atoms with Gasteiger partial charge in [-0.2, -0.15) is 0 Å². The van der Waals surface area contributed by atoms with Crippen LogP contribution in [0.3, 0.4) is 0 Å². The fourth-order valence-corrected chi connectivity index (χ4v) is 3.08. The number of aromatic nitrogens is 2. The Morgan fingerprint density at radius 3 is 2.88 bits per heavy atom. The van der Waals surface area contributed by atoms with Gasteiger partial charge in [-0.1, -0.05) is 23.2 Å². The zero-order valence-corrected chi connectivity index (χ0v) is 11.5. The number of halogens is 2. The highest BCUT2D eigenvalue weighted by atomic mass is 35.5. The lowest BCUT2D eigenvalue weighted by molar-refractivity contribution is 0.568. The number of rotatable bonds is 4. The lowest BCUT2D eigenvalue weighted by Gasteiger charge is -2.12. The van der Waals surface area contributed by atoms with Crippen molar-refractivity contribution in [2.24, 2.45) is 0 Å². The first-order valence-corrected chi connectivity index (χ1v) is 6.67. The average Bonchev–Trinajstić information content (AvgIpc) is 2.67. The van der Waals surface area contributed by atoms with Crippen LogP contribution in [0, 0.1) is 0 Å². The summed E-state index contributed by atoms with van der Waals surface area (Å²) in [5.74, 6) is 0. The van der Waals surface area contributed by atoms with Gasteiger partial charge in [-0.3, -0.25) is 0 Å². The van der Waals surface area contributed by atoms with Gasteiger partial charge in [-0.25, -0.2) is 9.97 Å². The summed E-state index contributed by atoms with van der Waals surface area (Å²) in [6.45, 7) is 2.72. The molecule has 1 atom stereocenters. The largest absolute Gasteiger partial charge is 0.304 e. The third-order valence-electron chi connectivity index (χ3n) is 2.38. The molecule has 0 bridgehead atoms. The smallest absolute Gasteiger partial charge is 0.115 e. The van der Waals surface area contributed by atoms with E-state index in [1.807, 2.05) is 19.1 Å². The molecule has 2 rings (SSSR count). The highest BCUT2D eigenvalue weighted by molar-refractivity contribution is 7.20. The van der Waals surface area contributed by atoms with Crippen LogP contribution in [0.1, 0.15) is 24.2 Å². The molecule has 2 aromatic rings. The zero-order valence-electron chi connectivity index (χ0n) is 9.15. The maximum Gasteiger partial charge on any atom is 0.115 e. The standard InChI is InChI=1S/C11H11Cl2N3S/c1-7(9-4-10(12)17-11(9)13)15-5-8-2-3-14-6-16-8/h2-4,6-7,15H,5H2,1H3. The number of nitrogens with one attached hydrogen (secondary N) is 1. The Bertz CT molecular complexity index is 487. The SMILES string of the molecule is CC(NCc1ccncn1)c1cc(Cl)sc1Cl. The van der Waals surface area contributed by atoms with E-state index in [1.165, 1.54) is 17.7 Å². The molecule has 2 heterocycles. The Hall–Kier alpha value is -0.680. The minimum atomic E-state index is 0.140. The first kappa shape index (κ1) is 12.8. The number of hydrogen-bond donors (Lipinski definition) is 1.